The summed E-state index contributed by atoms with van der Waals surface area (Å²) in [6, 6.07) is 64.1. The molecule has 1 nitrogen and oxygen atoms in total. The highest BCUT2D eigenvalue weighted by atomic mass is 32.4. The van der Waals surface area contributed by atoms with E-state index < -0.39 is 13.2 Å². The van der Waals surface area contributed by atoms with Gasteiger partial charge in [-0.15, -0.1) is 0 Å². The Hall–Kier alpha value is -4.58. The van der Waals surface area contributed by atoms with Crippen LogP contribution < -0.4 is 31.8 Å². The first-order valence-corrected chi connectivity index (χ1v) is 19.8. The van der Waals surface area contributed by atoms with E-state index >= 15 is 0 Å². The van der Waals surface area contributed by atoms with Gasteiger partial charge in [-0.05, 0) is 44.2 Å². The van der Waals surface area contributed by atoms with E-state index in [1.807, 2.05) is 84.9 Å². The minimum atomic E-state index is -3.01. The van der Waals surface area contributed by atoms with E-state index in [4.69, 9.17) is 11.8 Å². The molecule has 0 aliphatic heterocycles. The zero-order valence-corrected chi connectivity index (χ0v) is 27.8. The monoisotopic (exact) mass is 646 g/mol. The number of hydrogen-bond acceptors (Lipinski definition) is 2. The van der Waals surface area contributed by atoms with Crippen molar-refractivity contribution in [1.29, 1.82) is 0 Å². The van der Waals surface area contributed by atoms with Crippen molar-refractivity contribution in [1.82, 2.24) is 0 Å². The lowest BCUT2D eigenvalue weighted by Crippen LogP contribution is -2.24. The van der Waals surface area contributed by atoms with Gasteiger partial charge in [-0.1, -0.05) is 200 Å². The number of hydrogen-bond donors (Lipinski definition) is 0. The molecular formula is C42H32OP2S. The van der Waals surface area contributed by atoms with Crippen LogP contribution in [0.5, 0.6) is 0 Å². The largest absolute Gasteiger partial charge is 0.309 e. The van der Waals surface area contributed by atoms with E-state index in [1.54, 1.807) is 0 Å². The molecule has 7 aromatic rings. The maximum absolute atomic E-state index is 14.8. The van der Waals surface area contributed by atoms with Crippen LogP contribution in [0.2, 0.25) is 0 Å². The smallest absolute Gasteiger partial charge is 0.171 e. The van der Waals surface area contributed by atoms with Crippen molar-refractivity contribution in [3.05, 3.63) is 194 Å². The van der Waals surface area contributed by atoms with Crippen LogP contribution in [0, 0.1) is 0 Å². The van der Waals surface area contributed by atoms with Crippen molar-refractivity contribution in [2.45, 2.75) is 0 Å². The maximum Gasteiger partial charge on any atom is 0.171 e. The molecule has 0 atom stereocenters. The third-order valence-electron chi connectivity index (χ3n) is 8.47. The van der Waals surface area contributed by atoms with Crippen molar-refractivity contribution in [2.75, 3.05) is 0 Å². The van der Waals surface area contributed by atoms with Crippen LogP contribution in [0.25, 0.3) is 22.3 Å². The predicted octanol–water partition coefficient (Wildman–Crippen LogP) is 8.42. The number of rotatable bonds is 8. The van der Waals surface area contributed by atoms with Crippen LogP contribution in [0.15, 0.2) is 194 Å². The summed E-state index contributed by atoms with van der Waals surface area (Å²) in [6.07, 6.45) is 0. The SMILES string of the molecule is O=P(c1ccccc1)(c1ccccc1)c1ccc(-c2cccc(-c3ccc(P(=S)(c4ccccc4)c4ccccc4)cc3)c2)cc1. The van der Waals surface area contributed by atoms with Gasteiger partial charge in [0.15, 0.2) is 7.14 Å². The molecule has 222 valence electrons. The van der Waals surface area contributed by atoms with E-state index in [0.717, 1.165) is 38.2 Å². The highest BCUT2D eigenvalue weighted by Crippen LogP contribution is 2.44. The van der Waals surface area contributed by atoms with Crippen molar-refractivity contribution in [2.24, 2.45) is 0 Å². The fourth-order valence-corrected chi connectivity index (χ4v) is 12.4. The normalized spacial score (nSPS) is 11.7. The second-order valence-electron chi connectivity index (χ2n) is 11.2. The Balaban J connectivity index is 1.21. The molecule has 7 rings (SSSR count). The third kappa shape index (κ3) is 5.66. The average molecular weight is 647 g/mol. The first-order chi connectivity index (χ1) is 22.6. The Kier molecular flexibility index (Phi) is 8.53. The van der Waals surface area contributed by atoms with Gasteiger partial charge in [0.2, 0.25) is 0 Å². The predicted molar refractivity (Wildman–Crippen MR) is 203 cm³/mol. The fraction of sp³-hybridized carbons (Fsp3) is 0. The maximum atomic E-state index is 14.8. The zero-order valence-electron chi connectivity index (χ0n) is 25.2. The molecule has 0 saturated heterocycles. The van der Waals surface area contributed by atoms with Crippen LogP contribution in [0.1, 0.15) is 0 Å². The quantitative estimate of drug-likeness (QED) is 0.154. The molecule has 0 bridgehead atoms. The summed E-state index contributed by atoms with van der Waals surface area (Å²) >= 11 is 6.54. The second-order valence-corrected chi connectivity index (χ2v) is 18.4. The second kappa shape index (κ2) is 13.0. The Morgan fingerprint density at radius 1 is 0.304 bits per heavy atom. The number of benzene rings is 7. The zero-order chi connectivity index (χ0) is 31.4. The van der Waals surface area contributed by atoms with Crippen LogP contribution in [0.3, 0.4) is 0 Å². The molecule has 0 heterocycles. The molecule has 0 aliphatic carbocycles. The van der Waals surface area contributed by atoms with Gasteiger partial charge < -0.3 is 4.57 Å². The molecule has 0 saturated carbocycles. The highest BCUT2D eigenvalue weighted by molar-refractivity contribution is 8.25. The molecular weight excluding hydrogens is 614 g/mol. The first kappa shape index (κ1) is 30.1. The molecule has 0 spiro atoms. The molecule has 46 heavy (non-hydrogen) atoms. The van der Waals surface area contributed by atoms with E-state index in [2.05, 4.69) is 109 Å². The van der Waals surface area contributed by atoms with Gasteiger partial charge in [-0.2, -0.15) is 0 Å². The van der Waals surface area contributed by atoms with E-state index in [-0.39, 0.29) is 0 Å². The molecule has 4 heteroatoms. The Morgan fingerprint density at radius 3 is 1.00 bits per heavy atom. The summed E-state index contributed by atoms with van der Waals surface area (Å²) in [5, 5.41) is 6.07. The van der Waals surface area contributed by atoms with Gasteiger partial charge in [0.25, 0.3) is 0 Å². The third-order valence-corrected chi connectivity index (χ3v) is 16.5. The van der Waals surface area contributed by atoms with Gasteiger partial charge in [0, 0.05) is 22.0 Å². The minimum absolute atomic E-state index is 0.827. The lowest BCUT2D eigenvalue weighted by molar-refractivity contribution is 0.592. The van der Waals surface area contributed by atoms with Gasteiger partial charge in [-0.25, -0.2) is 0 Å². The van der Waals surface area contributed by atoms with Crippen LogP contribution >= 0.6 is 13.2 Å². The topological polar surface area (TPSA) is 17.1 Å². The van der Waals surface area contributed by atoms with E-state index in [1.165, 1.54) is 15.9 Å². The van der Waals surface area contributed by atoms with Crippen molar-refractivity contribution < 1.29 is 4.57 Å². The molecule has 7 aromatic carbocycles. The van der Waals surface area contributed by atoms with Crippen molar-refractivity contribution in [3.8, 4) is 22.3 Å². The van der Waals surface area contributed by atoms with Gasteiger partial charge in [0.05, 0.1) is 0 Å². The molecule has 0 unspecified atom stereocenters. The molecule has 0 fully saturated rings. The summed E-state index contributed by atoms with van der Waals surface area (Å²) in [7, 11) is -3.01. The van der Waals surface area contributed by atoms with E-state index in [0.29, 0.717) is 0 Å². The summed E-state index contributed by atoms with van der Waals surface area (Å²) in [5.74, 6) is 0. The summed E-state index contributed by atoms with van der Waals surface area (Å²) in [4.78, 5) is 0. The Labute approximate surface area is 276 Å². The summed E-state index contributed by atoms with van der Waals surface area (Å²) < 4.78 is 14.8. The molecule has 0 radical (unpaired) electrons. The minimum Gasteiger partial charge on any atom is -0.309 e. The molecule has 0 aromatic heterocycles. The Morgan fingerprint density at radius 2 is 0.609 bits per heavy atom. The average Bonchev–Trinajstić information content (AvgIpc) is 3.16. The van der Waals surface area contributed by atoms with Crippen LogP contribution in [-0.2, 0) is 16.4 Å². The lowest BCUT2D eigenvalue weighted by atomic mass is 9.99. The molecule has 0 N–H and O–H groups in total. The summed E-state index contributed by atoms with van der Waals surface area (Å²) in [5.41, 5.74) is 4.47. The fourth-order valence-electron chi connectivity index (χ4n) is 6.05. The van der Waals surface area contributed by atoms with E-state index in [9.17, 15) is 4.57 Å². The lowest BCUT2D eigenvalue weighted by Gasteiger charge is -2.24. The van der Waals surface area contributed by atoms with Gasteiger partial charge in [0.1, 0.15) is 0 Å². The molecule has 0 amide bonds. The summed E-state index contributed by atoms with van der Waals surface area (Å²) in [6.45, 7) is 0. The molecule has 0 aliphatic rings. The van der Waals surface area contributed by atoms with Crippen LogP contribution in [-0.4, -0.2) is 0 Å². The van der Waals surface area contributed by atoms with Crippen molar-refractivity contribution in [3.63, 3.8) is 0 Å². The Bertz CT molecular complexity index is 1920. The standard InChI is InChI=1S/C42H32OP2S/c43-44(37-16-5-1-6-17-37,38-18-7-2-8-19-38)39-28-24-33(25-29-39)35-14-13-15-36(32-35)34-26-30-42(31-27-34)45(46,40-20-9-3-10-21-40)41-22-11-4-12-23-41/h1-32H. The van der Waals surface area contributed by atoms with Crippen molar-refractivity contribution >= 4 is 56.8 Å². The highest BCUT2D eigenvalue weighted by Gasteiger charge is 2.29. The first-order valence-electron chi connectivity index (χ1n) is 15.3. The van der Waals surface area contributed by atoms with Gasteiger partial charge >= 0.3 is 0 Å². The van der Waals surface area contributed by atoms with Gasteiger partial charge in [-0.3, -0.25) is 0 Å². The van der Waals surface area contributed by atoms with Crippen LogP contribution in [0.4, 0.5) is 0 Å².